The summed E-state index contributed by atoms with van der Waals surface area (Å²) in [4.78, 5) is 18.2. The number of hydrogen-bond donors (Lipinski definition) is 0. The van der Waals surface area contributed by atoms with Crippen LogP contribution < -0.4 is 15.9 Å². The monoisotopic (exact) mass is 434 g/mol. The number of carbonyl (C=O) groups excluding carboxylic acids is 1. The lowest BCUT2D eigenvalue weighted by atomic mass is 10.2. The van der Waals surface area contributed by atoms with Crippen molar-refractivity contribution in [2.75, 3.05) is 13.3 Å². The zero-order valence-electron chi connectivity index (χ0n) is 18.5. The maximum atomic E-state index is 13.1. The Bertz CT molecular complexity index is 916. The second kappa shape index (κ2) is 9.89. The van der Waals surface area contributed by atoms with Crippen LogP contribution in [-0.2, 0) is 14.4 Å². The Morgan fingerprint density at radius 3 is 1.48 bits per heavy atom. The van der Waals surface area contributed by atoms with Gasteiger partial charge in [0.15, 0.2) is 0 Å². The van der Waals surface area contributed by atoms with Gasteiger partial charge in [-0.1, -0.05) is 59.8 Å². The lowest BCUT2D eigenvalue weighted by Gasteiger charge is -2.28. The summed E-state index contributed by atoms with van der Waals surface area (Å²) in [6.07, 6.45) is 0.397. The molecule has 5 heteroatoms. The predicted molar refractivity (Wildman–Crippen MR) is 130 cm³/mol. The summed E-state index contributed by atoms with van der Waals surface area (Å²) < 4.78 is 5.67. The molecule has 0 saturated heterocycles. The summed E-state index contributed by atoms with van der Waals surface area (Å²) in [6, 6.07) is 31.0. The molecule has 0 fully saturated rings. The van der Waals surface area contributed by atoms with Crippen molar-refractivity contribution in [3.8, 4) is 0 Å². The molecule has 3 rings (SSSR count). The lowest BCUT2D eigenvalue weighted by Crippen LogP contribution is -2.39. The van der Waals surface area contributed by atoms with E-state index in [0.29, 0.717) is 6.16 Å². The van der Waals surface area contributed by atoms with Gasteiger partial charge >= 0.3 is 5.97 Å². The number of hydrogen-bond acceptors (Lipinski definition) is 4. The minimum atomic E-state index is -2.27. The maximum absolute atomic E-state index is 13.1. The van der Waals surface area contributed by atoms with Crippen molar-refractivity contribution < 1.29 is 14.4 Å². The zero-order chi connectivity index (χ0) is 22.3. The van der Waals surface area contributed by atoms with Crippen molar-refractivity contribution in [2.24, 2.45) is 5.16 Å². The van der Waals surface area contributed by atoms with Gasteiger partial charge in [-0.3, -0.25) is 0 Å². The molecule has 0 bridgehead atoms. The van der Waals surface area contributed by atoms with Gasteiger partial charge in [0, 0.05) is 0 Å². The third-order valence-corrected chi connectivity index (χ3v) is 9.13. The fourth-order valence-electron chi connectivity index (χ4n) is 3.57. The van der Waals surface area contributed by atoms with Gasteiger partial charge in [-0.15, -0.1) is 0 Å². The molecule has 0 aromatic heterocycles. The van der Waals surface area contributed by atoms with Gasteiger partial charge in [0.05, 0.1) is 0 Å². The van der Waals surface area contributed by atoms with Gasteiger partial charge in [0.2, 0.25) is 5.71 Å². The molecule has 160 valence electrons. The molecule has 31 heavy (non-hydrogen) atoms. The summed E-state index contributed by atoms with van der Waals surface area (Å²) in [5.74, 6) is -0.457. The molecule has 0 N–H and O–H groups in total. The Hall–Kier alpha value is -2.97. The van der Waals surface area contributed by atoms with Crippen molar-refractivity contribution in [1.82, 2.24) is 0 Å². The van der Waals surface area contributed by atoms with Crippen molar-refractivity contribution in [2.45, 2.75) is 26.4 Å². The average Bonchev–Trinajstić information content (AvgIpc) is 2.77. The molecule has 3 aromatic carbocycles. The van der Waals surface area contributed by atoms with E-state index in [1.54, 1.807) is 0 Å². The van der Waals surface area contributed by atoms with E-state index in [9.17, 15) is 4.79 Å². The largest absolute Gasteiger partial charge is 0.455 e. The van der Waals surface area contributed by atoms with Crippen LogP contribution in [0.3, 0.4) is 0 Å². The summed E-state index contributed by atoms with van der Waals surface area (Å²) in [7, 11) is -0.814. The highest BCUT2D eigenvalue weighted by atomic mass is 31.2. The molecule has 0 unspecified atom stereocenters. The van der Waals surface area contributed by atoms with Crippen LogP contribution in [-0.4, -0.2) is 30.6 Å². The Morgan fingerprint density at radius 2 is 1.16 bits per heavy atom. The van der Waals surface area contributed by atoms with Crippen molar-refractivity contribution in [3.63, 3.8) is 0 Å². The van der Waals surface area contributed by atoms with E-state index in [0.717, 1.165) is 0 Å². The van der Waals surface area contributed by atoms with Crippen molar-refractivity contribution >= 4 is 34.9 Å². The predicted octanol–water partition coefficient (Wildman–Crippen LogP) is 4.32. The van der Waals surface area contributed by atoms with E-state index in [4.69, 9.17) is 9.57 Å². The molecular weight excluding hydrogens is 405 g/mol. The number of esters is 1. The molecule has 0 amide bonds. The first-order valence-electron chi connectivity index (χ1n) is 10.2. The fourth-order valence-corrected chi connectivity index (χ4v) is 7.69. The molecule has 4 nitrogen and oxygen atoms in total. The van der Waals surface area contributed by atoms with Gasteiger partial charge in [-0.2, -0.15) is 0 Å². The Kier molecular flexibility index (Phi) is 7.25. The van der Waals surface area contributed by atoms with Crippen LogP contribution in [0.2, 0.25) is 0 Å². The topological polar surface area (TPSA) is 47.9 Å². The van der Waals surface area contributed by atoms with Crippen molar-refractivity contribution in [3.05, 3.63) is 91.0 Å². The van der Waals surface area contributed by atoms with Crippen LogP contribution in [0.15, 0.2) is 96.2 Å². The molecule has 0 aliphatic heterocycles. The van der Waals surface area contributed by atoms with E-state index >= 15 is 0 Å². The first kappa shape index (κ1) is 22.7. The minimum absolute atomic E-state index is 0.280. The first-order valence-corrected chi connectivity index (χ1v) is 12.2. The molecule has 3 aromatic rings. The van der Waals surface area contributed by atoms with Gasteiger partial charge in [0.1, 0.15) is 42.0 Å². The van der Waals surface area contributed by atoms with Crippen LogP contribution in [0.25, 0.3) is 0 Å². The molecule has 0 aliphatic carbocycles. The number of ether oxygens (including phenoxy) is 1. The molecule has 0 spiro atoms. The van der Waals surface area contributed by atoms with Gasteiger partial charge in [-0.05, 0) is 57.2 Å². The summed E-state index contributed by atoms with van der Waals surface area (Å²) in [5, 5.41) is 7.64. The number of benzene rings is 3. The Labute approximate surface area is 185 Å². The first-order chi connectivity index (χ1) is 14.9. The summed E-state index contributed by atoms with van der Waals surface area (Å²) in [6.45, 7) is 5.55. The lowest BCUT2D eigenvalue weighted by molar-refractivity contribution is -0.146. The van der Waals surface area contributed by atoms with Crippen LogP contribution in [0.5, 0.6) is 0 Å². The summed E-state index contributed by atoms with van der Waals surface area (Å²) >= 11 is 0. The second-order valence-corrected chi connectivity index (χ2v) is 11.7. The van der Waals surface area contributed by atoms with Crippen LogP contribution in [0, 0.1) is 0 Å². The molecule has 0 radical (unpaired) electrons. The van der Waals surface area contributed by atoms with E-state index in [1.165, 1.54) is 23.0 Å². The third kappa shape index (κ3) is 5.39. The number of oxime groups is 1. The van der Waals surface area contributed by atoms with Gasteiger partial charge in [-0.25, -0.2) is 4.79 Å². The minimum Gasteiger partial charge on any atom is -0.455 e. The van der Waals surface area contributed by atoms with E-state index in [-0.39, 0.29) is 5.71 Å². The molecule has 0 heterocycles. The Morgan fingerprint density at radius 1 is 0.774 bits per heavy atom. The highest BCUT2D eigenvalue weighted by Gasteiger charge is 2.48. The fraction of sp³-hybridized carbons (Fsp3) is 0.231. The average molecular weight is 434 g/mol. The standard InChI is InChI=1S/C26H29NO3P/c1-26(2,3)30-25(28)24(27-29-4)20-31(21-14-8-5-9-15-21,22-16-10-6-11-17-22)23-18-12-7-13-19-23/h5-19H,20H2,1-4H3/q+1/b27-24+. The van der Waals surface area contributed by atoms with Gasteiger partial charge < -0.3 is 9.57 Å². The maximum Gasteiger partial charge on any atom is 0.360 e. The summed E-state index contributed by atoms with van der Waals surface area (Å²) in [5.41, 5.74) is -0.346. The van der Waals surface area contributed by atoms with E-state index < -0.39 is 18.8 Å². The van der Waals surface area contributed by atoms with E-state index in [1.807, 2.05) is 75.4 Å². The van der Waals surface area contributed by atoms with Gasteiger partial charge in [0.25, 0.3) is 0 Å². The third-order valence-electron chi connectivity index (χ3n) is 4.81. The van der Waals surface area contributed by atoms with Crippen LogP contribution >= 0.6 is 7.26 Å². The highest BCUT2D eigenvalue weighted by Crippen LogP contribution is 2.55. The van der Waals surface area contributed by atoms with Crippen LogP contribution in [0.4, 0.5) is 0 Å². The quantitative estimate of drug-likeness (QED) is 0.241. The molecule has 0 atom stereocenters. The normalized spacial score (nSPS) is 12.3. The SMILES string of the molecule is CO/N=C(\C[P+](c1ccccc1)(c1ccccc1)c1ccccc1)C(=O)OC(C)(C)C. The molecule has 0 saturated carbocycles. The smallest absolute Gasteiger partial charge is 0.360 e. The second-order valence-electron chi connectivity index (χ2n) is 8.20. The molecular formula is C26H29NO3P+. The van der Waals surface area contributed by atoms with Crippen molar-refractivity contribution in [1.29, 1.82) is 0 Å². The number of carbonyl (C=O) groups is 1. The van der Waals surface area contributed by atoms with E-state index in [2.05, 4.69) is 41.6 Å². The number of rotatable bonds is 7. The number of nitrogens with zero attached hydrogens (tertiary/aromatic N) is 1. The highest BCUT2D eigenvalue weighted by molar-refractivity contribution is 7.96. The molecule has 0 aliphatic rings. The zero-order valence-corrected chi connectivity index (χ0v) is 19.4. The Balaban J connectivity index is 2.24. The van der Waals surface area contributed by atoms with Crippen LogP contribution in [0.1, 0.15) is 20.8 Å².